The van der Waals surface area contributed by atoms with Crippen LogP contribution in [-0.2, 0) is 0 Å². The Kier molecular flexibility index (Phi) is 6.88. The van der Waals surface area contributed by atoms with E-state index in [1.54, 1.807) is 35.9 Å². The van der Waals surface area contributed by atoms with Gasteiger partial charge in [-0.25, -0.2) is 4.68 Å². The number of fused-ring (bicyclic) bond motifs is 1. The van der Waals surface area contributed by atoms with Crippen molar-refractivity contribution in [1.82, 2.24) is 29.5 Å². The van der Waals surface area contributed by atoms with Crippen LogP contribution in [0.3, 0.4) is 0 Å². The molecule has 0 bridgehead atoms. The maximum Gasteiger partial charge on any atom is 0.263 e. The molecule has 39 heavy (non-hydrogen) atoms. The van der Waals surface area contributed by atoms with Gasteiger partial charge in [-0.05, 0) is 76.1 Å². The van der Waals surface area contributed by atoms with Crippen molar-refractivity contribution in [3.63, 3.8) is 0 Å². The maximum atomic E-state index is 13.2. The van der Waals surface area contributed by atoms with Gasteiger partial charge in [0, 0.05) is 11.6 Å². The summed E-state index contributed by atoms with van der Waals surface area (Å²) in [7, 11) is 0. The molecule has 5 rings (SSSR count). The van der Waals surface area contributed by atoms with Crippen LogP contribution in [0.4, 0.5) is 5.82 Å². The summed E-state index contributed by atoms with van der Waals surface area (Å²) in [4.78, 5) is 33.6. The van der Waals surface area contributed by atoms with Gasteiger partial charge in [0.05, 0.1) is 30.8 Å². The summed E-state index contributed by atoms with van der Waals surface area (Å²) < 4.78 is 14.3. The van der Waals surface area contributed by atoms with E-state index >= 15 is 0 Å². The number of carbonyl (C=O) groups excluding carboxylic acids is 1. The third kappa shape index (κ3) is 4.98. The SMILES string of the molecule is CCOc1ccc(C(=O)Nc2cc(C)nn2-c2nc3c(cnn3-c3ccc(C)c(C)c3)c(=O)[nH]2)cc1OCC. The quantitative estimate of drug-likeness (QED) is 0.308. The van der Waals surface area contributed by atoms with Gasteiger partial charge in [-0.15, -0.1) is 0 Å². The number of aryl methyl sites for hydroxylation is 3. The van der Waals surface area contributed by atoms with Crippen molar-refractivity contribution in [3.8, 4) is 23.1 Å². The molecule has 0 atom stereocenters. The molecular formula is C28H29N7O4. The van der Waals surface area contributed by atoms with Crippen LogP contribution >= 0.6 is 0 Å². The van der Waals surface area contributed by atoms with Crippen molar-refractivity contribution in [1.29, 1.82) is 0 Å². The summed E-state index contributed by atoms with van der Waals surface area (Å²) in [5.74, 6) is 1.14. The molecule has 0 aliphatic rings. The lowest BCUT2D eigenvalue weighted by Crippen LogP contribution is -2.19. The number of carbonyl (C=O) groups is 1. The standard InChI is InChI=1S/C28H29N7O4/c1-6-38-22-11-9-19(14-23(22)39-7-2)26(36)30-24-13-18(5)33-35(24)28-31-25-21(27(37)32-28)15-29-34(25)20-10-8-16(3)17(4)12-20/h8-15H,6-7H2,1-5H3,(H,30,36)(H,31,32,37). The molecule has 2 N–H and O–H groups in total. The molecule has 1 amide bonds. The smallest absolute Gasteiger partial charge is 0.263 e. The van der Waals surface area contributed by atoms with Gasteiger partial charge in [-0.2, -0.15) is 19.9 Å². The molecule has 11 heteroatoms. The fourth-order valence-corrected chi connectivity index (χ4v) is 4.18. The Morgan fingerprint density at radius 3 is 2.46 bits per heavy atom. The average molecular weight is 528 g/mol. The van der Waals surface area contributed by atoms with E-state index in [4.69, 9.17) is 9.47 Å². The Labute approximate surface area is 224 Å². The zero-order chi connectivity index (χ0) is 27.7. The Hall–Kier alpha value is -4.93. The molecule has 200 valence electrons. The first-order chi connectivity index (χ1) is 18.8. The normalized spacial score (nSPS) is 11.1. The number of hydrogen-bond donors (Lipinski definition) is 2. The number of ether oxygens (including phenoxy) is 2. The highest BCUT2D eigenvalue weighted by Gasteiger charge is 2.19. The fourth-order valence-electron chi connectivity index (χ4n) is 4.18. The molecule has 11 nitrogen and oxygen atoms in total. The van der Waals surface area contributed by atoms with Crippen molar-refractivity contribution >= 4 is 22.8 Å². The average Bonchev–Trinajstić information content (AvgIpc) is 3.50. The van der Waals surface area contributed by atoms with E-state index in [9.17, 15) is 9.59 Å². The number of hydrogen-bond acceptors (Lipinski definition) is 7. The van der Waals surface area contributed by atoms with Gasteiger partial charge in [-0.1, -0.05) is 6.07 Å². The molecule has 0 radical (unpaired) electrons. The number of benzene rings is 2. The molecule has 0 fully saturated rings. The third-order valence-electron chi connectivity index (χ3n) is 6.24. The predicted octanol–water partition coefficient (Wildman–Crippen LogP) is 4.27. The predicted molar refractivity (Wildman–Crippen MR) is 148 cm³/mol. The first-order valence-corrected chi connectivity index (χ1v) is 12.6. The van der Waals surface area contributed by atoms with Crippen molar-refractivity contribution in [3.05, 3.63) is 81.4 Å². The summed E-state index contributed by atoms with van der Waals surface area (Å²) in [6.45, 7) is 10.5. The maximum absolute atomic E-state index is 13.2. The van der Waals surface area contributed by atoms with Crippen molar-refractivity contribution < 1.29 is 14.3 Å². The topological polar surface area (TPSA) is 129 Å². The van der Waals surface area contributed by atoms with Crippen LogP contribution in [0, 0.1) is 20.8 Å². The van der Waals surface area contributed by atoms with E-state index in [1.807, 2.05) is 45.9 Å². The number of aromatic amines is 1. The third-order valence-corrected chi connectivity index (χ3v) is 6.24. The number of aromatic nitrogens is 6. The van der Waals surface area contributed by atoms with Crippen LogP contribution in [0.25, 0.3) is 22.7 Å². The largest absolute Gasteiger partial charge is 0.490 e. The molecular weight excluding hydrogens is 498 g/mol. The first-order valence-electron chi connectivity index (χ1n) is 12.6. The summed E-state index contributed by atoms with van der Waals surface area (Å²) in [5, 5.41) is 12.1. The second-order valence-electron chi connectivity index (χ2n) is 9.02. The fraction of sp³-hybridized carbons (Fsp3) is 0.250. The molecule has 0 saturated heterocycles. The molecule has 0 spiro atoms. The van der Waals surface area contributed by atoms with Gasteiger partial charge in [0.25, 0.3) is 11.5 Å². The van der Waals surface area contributed by atoms with E-state index in [0.29, 0.717) is 52.8 Å². The highest BCUT2D eigenvalue weighted by molar-refractivity contribution is 6.04. The van der Waals surface area contributed by atoms with Crippen molar-refractivity contribution in [2.75, 3.05) is 18.5 Å². The van der Waals surface area contributed by atoms with Crippen LogP contribution < -0.4 is 20.3 Å². The molecule has 0 aliphatic heterocycles. The zero-order valence-corrected chi connectivity index (χ0v) is 22.4. The molecule has 0 saturated carbocycles. The zero-order valence-electron chi connectivity index (χ0n) is 22.4. The monoisotopic (exact) mass is 527 g/mol. The first kappa shape index (κ1) is 25.7. The van der Waals surface area contributed by atoms with Crippen molar-refractivity contribution in [2.45, 2.75) is 34.6 Å². The minimum absolute atomic E-state index is 0.142. The highest BCUT2D eigenvalue weighted by Crippen LogP contribution is 2.29. The molecule has 2 aromatic carbocycles. The molecule has 5 aromatic rings. The Morgan fingerprint density at radius 2 is 1.72 bits per heavy atom. The van der Waals surface area contributed by atoms with Crippen LogP contribution in [0.1, 0.15) is 41.0 Å². The number of nitrogens with zero attached hydrogens (tertiary/aromatic N) is 5. The van der Waals surface area contributed by atoms with E-state index in [0.717, 1.165) is 16.8 Å². The van der Waals surface area contributed by atoms with Gasteiger partial charge in [0.2, 0.25) is 5.95 Å². The van der Waals surface area contributed by atoms with E-state index in [-0.39, 0.29) is 17.4 Å². The van der Waals surface area contributed by atoms with Gasteiger partial charge < -0.3 is 14.8 Å². The molecule has 3 heterocycles. The Morgan fingerprint density at radius 1 is 0.949 bits per heavy atom. The molecule has 0 aliphatic carbocycles. The molecule has 0 unspecified atom stereocenters. The van der Waals surface area contributed by atoms with E-state index in [1.165, 1.54) is 10.9 Å². The number of anilines is 1. The lowest BCUT2D eigenvalue weighted by atomic mass is 10.1. The summed E-state index contributed by atoms with van der Waals surface area (Å²) in [5.41, 5.74) is 4.02. The van der Waals surface area contributed by atoms with Crippen LogP contribution in [-0.4, -0.2) is 48.6 Å². The summed E-state index contributed by atoms with van der Waals surface area (Å²) in [6, 6.07) is 12.6. The van der Waals surface area contributed by atoms with E-state index < -0.39 is 0 Å². The van der Waals surface area contributed by atoms with E-state index in [2.05, 4.69) is 25.5 Å². The Bertz CT molecular complexity index is 1750. The minimum Gasteiger partial charge on any atom is -0.490 e. The van der Waals surface area contributed by atoms with Crippen molar-refractivity contribution in [2.24, 2.45) is 0 Å². The second-order valence-corrected chi connectivity index (χ2v) is 9.02. The highest BCUT2D eigenvalue weighted by atomic mass is 16.5. The lowest BCUT2D eigenvalue weighted by Gasteiger charge is -2.13. The number of amides is 1. The van der Waals surface area contributed by atoms with Gasteiger partial charge >= 0.3 is 0 Å². The number of nitrogens with one attached hydrogen (secondary N) is 2. The number of H-pyrrole nitrogens is 1. The molecule has 3 aromatic heterocycles. The summed E-state index contributed by atoms with van der Waals surface area (Å²) >= 11 is 0. The van der Waals surface area contributed by atoms with Crippen LogP contribution in [0.5, 0.6) is 11.5 Å². The minimum atomic E-state index is -0.385. The van der Waals surface area contributed by atoms with Gasteiger partial charge in [-0.3, -0.25) is 14.6 Å². The van der Waals surface area contributed by atoms with Gasteiger partial charge in [0.1, 0.15) is 11.2 Å². The van der Waals surface area contributed by atoms with Crippen LogP contribution in [0.2, 0.25) is 0 Å². The summed E-state index contributed by atoms with van der Waals surface area (Å²) in [6.07, 6.45) is 1.49. The Balaban J connectivity index is 1.52. The second kappa shape index (κ2) is 10.4. The van der Waals surface area contributed by atoms with Gasteiger partial charge in [0.15, 0.2) is 17.1 Å². The van der Waals surface area contributed by atoms with Crippen LogP contribution in [0.15, 0.2) is 53.5 Å². The number of rotatable bonds is 8. The lowest BCUT2D eigenvalue weighted by molar-refractivity contribution is 0.102.